The number of hydrogen-bond donors (Lipinski definition) is 2. The van der Waals surface area contributed by atoms with Crippen LogP contribution < -0.4 is 15.8 Å². The highest BCUT2D eigenvalue weighted by Gasteiger charge is 2.33. The Morgan fingerprint density at radius 3 is 2.46 bits per heavy atom. The number of nitrogens with two attached hydrogens (primary N) is 1. The molecule has 3 rings (SSSR count). The third-order valence-electron chi connectivity index (χ3n) is 5.72. The number of amides is 1. The van der Waals surface area contributed by atoms with Crippen LogP contribution >= 0.6 is 24.8 Å². The molecule has 2 aliphatic rings. The zero-order chi connectivity index (χ0) is 18.4. The van der Waals surface area contributed by atoms with Gasteiger partial charge in [-0.3, -0.25) is 9.69 Å². The molecule has 0 aromatic heterocycles. The first-order valence-corrected chi connectivity index (χ1v) is 9.77. The first-order valence-electron chi connectivity index (χ1n) is 9.77. The minimum absolute atomic E-state index is 0. The summed E-state index contributed by atoms with van der Waals surface area (Å²) in [6.07, 6.45) is 5.13. The number of rotatable bonds is 7. The predicted octanol–water partition coefficient (Wildman–Crippen LogP) is 3.00. The number of nitrogens with one attached hydrogen (secondary N) is 1. The number of ether oxygens (including phenoxy) is 1. The summed E-state index contributed by atoms with van der Waals surface area (Å²) in [7, 11) is 0. The van der Waals surface area contributed by atoms with Gasteiger partial charge in [0.05, 0.1) is 0 Å². The number of nitrogens with zero attached hydrogens (tertiary/aromatic N) is 1. The Morgan fingerprint density at radius 2 is 1.82 bits per heavy atom. The molecular weight excluding hydrogens is 404 g/mol. The second-order valence-corrected chi connectivity index (χ2v) is 7.46. The molecule has 1 saturated heterocycles. The summed E-state index contributed by atoms with van der Waals surface area (Å²) in [6, 6.07) is 6.38. The van der Waals surface area contributed by atoms with Crippen molar-refractivity contribution in [1.82, 2.24) is 10.2 Å². The lowest BCUT2D eigenvalue weighted by atomic mass is 9.94. The topological polar surface area (TPSA) is 67.6 Å². The maximum Gasteiger partial charge on any atom is 0.223 e. The van der Waals surface area contributed by atoms with E-state index in [2.05, 4.69) is 10.2 Å². The fourth-order valence-corrected chi connectivity index (χ4v) is 4.10. The van der Waals surface area contributed by atoms with E-state index in [-0.39, 0.29) is 48.5 Å². The average Bonchev–Trinajstić information content (AvgIpc) is 3.14. The van der Waals surface area contributed by atoms with Crippen LogP contribution in [-0.4, -0.2) is 49.6 Å². The molecule has 0 spiro atoms. The minimum atomic E-state index is -0.253. The Morgan fingerprint density at radius 1 is 1.14 bits per heavy atom. The lowest BCUT2D eigenvalue weighted by Crippen LogP contribution is -2.47. The molecule has 1 heterocycles. The van der Waals surface area contributed by atoms with Gasteiger partial charge in [0.25, 0.3) is 0 Å². The number of halogens is 3. The van der Waals surface area contributed by atoms with Crippen LogP contribution in [-0.2, 0) is 4.79 Å². The van der Waals surface area contributed by atoms with Gasteiger partial charge in [-0.25, -0.2) is 4.39 Å². The zero-order valence-electron chi connectivity index (χ0n) is 16.1. The fourth-order valence-electron chi connectivity index (χ4n) is 4.10. The fraction of sp³-hybridized carbons (Fsp3) is 0.650. The van der Waals surface area contributed by atoms with Crippen LogP contribution in [0.1, 0.15) is 32.1 Å². The van der Waals surface area contributed by atoms with Crippen molar-refractivity contribution in [2.24, 2.45) is 17.6 Å². The van der Waals surface area contributed by atoms with Crippen molar-refractivity contribution in [2.45, 2.75) is 38.1 Å². The number of carbonyl (C=O) groups is 1. The molecule has 8 heteroatoms. The Bertz CT molecular complexity index is 583. The van der Waals surface area contributed by atoms with E-state index in [9.17, 15) is 9.18 Å². The molecule has 1 amide bonds. The lowest BCUT2D eigenvalue weighted by molar-refractivity contribution is -0.127. The average molecular weight is 436 g/mol. The highest BCUT2D eigenvalue weighted by atomic mass is 35.5. The highest BCUT2D eigenvalue weighted by Crippen LogP contribution is 2.31. The zero-order valence-corrected chi connectivity index (χ0v) is 17.8. The molecule has 1 aliphatic heterocycles. The molecular formula is C20H32Cl2FN3O2. The Balaban J connectivity index is 0.00000196. The summed E-state index contributed by atoms with van der Waals surface area (Å²) < 4.78 is 18.5. The molecule has 1 saturated carbocycles. The number of piperidine rings is 1. The van der Waals surface area contributed by atoms with E-state index in [1.807, 2.05) is 0 Å². The second kappa shape index (κ2) is 12.5. The molecule has 3 N–H and O–H groups in total. The maximum atomic E-state index is 12.9. The molecule has 2 fully saturated rings. The van der Waals surface area contributed by atoms with Crippen LogP contribution in [0.25, 0.3) is 0 Å². The summed E-state index contributed by atoms with van der Waals surface area (Å²) >= 11 is 0. The normalized spacial score (nSPS) is 22.8. The van der Waals surface area contributed by atoms with Crippen LogP contribution in [0.4, 0.5) is 4.39 Å². The predicted molar refractivity (Wildman–Crippen MR) is 114 cm³/mol. The molecule has 1 aromatic carbocycles. The highest BCUT2D eigenvalue weighted by molar-refractivity contribution is 5.85. The third-order valence-corrected chi connectivity index (χ3v) is 5.72. The molecule has 28 heavy (non-hydrogen) atoms. The first-order chi connectivity index (χ1) is 12.7. The van der Waals surface area contributed by atoms with Crippen LogP contribution in [0.2, 0.25) is 0 Å². The molecule has 5 nitrogen and oxygen atoms in total. The summed E-state index contributed by atoms with van der Waals surface area (Å²) in [5, 5.41) is 3.24. The van der Waals surface area contributed by atoms with Crippen molar-refractivity contribution >= 4 is 30.7 Å². The monoisotopic (exact) mass is 435 g/mol. The Kier molecular flexibility index (Phi) is 11.1. The van der Waals surface area contributed by atoms with Gasteiger partial charge in [-0.2, -0.15) is 0 Å². The lowest BCUT2D eigenvalue weighted by Gasteiger charge is -2.33. The maximum absolute atomic E-state index is 12.9. The van der Waals surface area contributed by atoms with E-state index >= 15 is 0 Å². The van der Waals surface area contributed by atoms with Crippen molar-refractivity contribution in [2.75, 3.05) is 32.8 Å². The van der Waals surface area contributed by atoms with Crippen molar-refractivity contribution < 1.29 is 13.9 Å². The van der Waals surface area contributed by atoms with Crippen molar-refractivity contribution in [3.05, 3.63) is 30.1 Å². The molecule has 1 aliphatic carbocycles. The molecule has 1 aromatic rings. The first kappa shape index (κ1) is 25.0. The Hall–Kier alpha value is -1.08. The second-order valence-electron chi connectivity index (χ2n) is 7.46. The van der Waals surface area contributed by atoms with E-state index in [0.29, 0.717) is 24.8 Å². The van der Waals surface area contributed by atoms with Crippen LogP contribution in [0.3, 0.4) is 0 Å². The molecule has 160 valence electrons. The van der Waals surface area contributed by atoms with Crippen molar-refractivity contribution in [3.8, 4) is 5.75 Å². The van der Waals surface area contributed by atoms with Crippen LogP contribution in [0.15, 0.2) is 24.3 Å². The van der Waals surface area contributed by atoms with Gasteiger partial charge in [0, 0.05) is 31.6 Å². The van der Waals surface area contributed by atoms with Gasteiger partial charge in [0.2, 0.25) is 5.91 Å². The summed E-state index contributed by atoms with van der Waals surface area (Å²) in [5.74, 6) is 1.12. The van der Waals surface area contributed by atoms with Crippen LogP contribution in [0, 0.1) is 17.7 Å². The van der Waals surface area contributed by atoms with E-state index in [1.165, 1.54) is 12.1 Å². The number of carbonyl (C=O) groups excluding carboxylic acids is 1. The molecule has 0 bridgehead atoms. The number of hydrogen-bond acceptors (Lipinski definition) is 4. The Labute approximate surface area is 179 Å². The van der Waals surface area contributed by atoms with Gasteiger partial charge in [0.1, 0.15) is 18.2 Å². The van der Waals surface area contributed by atoms with Gasteiger partial charge < -0.3 is 15.8 Å². The van der Waals surface area contributed by atoms with Gasteiger partial charge in [-0.15, -0.1) is 24.8 Å². The summed E-state index contributed by atoms with van der Waals surface area (Å²) in [5.41, 5.74) is 5.79. The van der Waals surface area contributed by atoms with Crippen molar-refractivity contribution in [1.29, 1.82) is 0 Å². The van der Waals surface area contributed by atoms with E-state index in [0.717, 1.165) is 51.7 Å². The van der Waals surface area contributed by atoms with E-state index < -0.39 is 0 Å². The molecule has 2 atom stereocenters. The van der Waals surface area contributed by atoms with Gasteiger partial charge in [-0.05, 0) is 62.4 Å². The summed E-state index contributed by atoms with van der Waals surface area (Å²) in [4.78, 5) is 14.8. The van der Waals surface area contributed by atoms with E-state index in [4.69, 9.17) is 10.5 Å². The van der Waals surface area contributed by atoms with Gasteiger partial charge in [0.15, 0.2) is 0 Å². The largest absolute Gasteiger partial charge is 0.492 e. The van der Waals surface area contributed by atoms with Crippen molar-refractivity contribution in [3.63, 3.8) is 0 Å². The standard InChI is InChI=1S/C20H30FN3O2.2ClH/c21-16-4-6-18(7-5-16)26-13-12-24-10-8-17(9-11-24)23-20(25)19-3-1-2-15(19)14-22;;/h4-7,15,17,19H,1-3,8-14,22H2,(H,23,25);2*1H/t15-,19-;;/m1../s1. The summed E-state index contributed by atoms with van der Waals surface area (Å²) in [6.45, 7) is 3.97. The van der Waals surface area contributed by atoms with E-state index in [1.54, 1.807) is 12.1 Å². The molecule has 0 unspecified atom stereocenters. The quantitative estimate of drug-likeness (QED) is 0.690. The third kappa shape index (κ3) is 7.07. The number of benzene rings is 1. The number of likely N-dealkylation sites (tertiary alicyclic amines) is 1. The van der Waals surface area contributed by atoms with Crippen LogP contribution in [0.5, 0.6) is 5.75 Å². The van der Waals surface area contributed by atoms with Gasteiger partial charge >= 0.3 is 0 Å². The smallest absolute Gasteiger partial charge is 0.223 e. The molecule has 0 radical (unpaired) electrons. The SMILES string of the molecule is Cl.Cl.NC[C@H]1CCC[C@H]1C(=O)NC1CCN(CCOc2ccc(F)cc2)CC1. The minimum Gasteiger partial charge on any atom is -0.492 e. The van der Waals surface area contributed by atoms with Gasteiger partial charge in [-0.1, -0.05) is 6.42 Å².